The third kappa shape index (κ3) is 4.82. The van der Waals surface area contributed by atoms with Crippen molar-refractivity contribution in [3.05, 3.63) is 53.8 Å². The molecule has 2 amide bonds. The van der Waals surface area contributed by atoms with Crippen molar-refractivity contribution in [2.45, 2.75) is 25.7 Å². The normalized spacial score (nSPS) is 13.9. The molecule has 2 aromatic rings. The highest BCUT2D eigenvalue weighted by Gasteiger charge is 2.17. The Hall–Kier alpha value is -3.03. The summed E-state index contributed by atoms with van der Waals surface area (Å²) in [7, 11) is 0. The van der Waals surface area contributed by atoms with Gasteiger partial charge in [0.25, 0.3) is 0 Å². The fourth-order valence-electron chi connectivity index (χ4n) is 3.08. The third-order valence-corrected chi connectivity index (χ3v) is 4.50. The SMILES string of the molecule is O=C(CC(=O)Nc1ccc(F)c(F)c1F)Nc1ccc(N2CCCCC2)cc1. The van der Waals surface area contributed by atoms with Crippen molar-refractivity contribution in [1.82, 2.24) is 0 Å². The highest BCUT2D eigenvalue weighted by molar-refractivity contribution is 6.08. The maximum Gasteiger partial charge on any atom is 0.233 e. The molecule has 1 aliphatic heterocycles. The number of hydrogen-bond acceptors (Lipinski definition) is 3. The van der Waals surface area contributed by atoms with E-state index in [1.807, 2.05) is 12.1 Å². The van der Waals surface area contributed by atoms with Crippen LogP contribution in [0.15, 0.2) is 36.4 Å². The minimum absolute atomic E-state index is 0.525. The smallest absolute Gasteiger partial charge is 0.233 e. The second-order valence-electron chi connectivity index (χ2n) is 6.59. The zero-order valence-electron chi connectivity index (χ0n) is 15.1. The lowest BCUT2D eigenvalue weighted by atomic mass is 10.1. The first-order valence-electron chi connectivity index (χ1n) is 9.02. The van der Waals surface area contributed by atoms with Crippen LogP contribution in [0.25, 0.3) is 0 Å². The van der Waals surface area contributed by atoms with Crippen molar-refractivity contribution in [3.8, 4) is 0 Å². The molecule has 0 atom stereocenters. The molecule has 8 heteroatoms. The number of nitrogens with zero attached hydrogens (tertiary/aromatic N) is 1. The molecule has 1 heterocycles. The number of carbonyl (C=O) groups is 2. The van der Waals surface area contributed by atoms with Crippen LogP contribution in [-0.2, 0) is 9.59 Å². The fourth-order valence-corrected chi connectivity index (χ4v) is 3.08. The van der Waals surface area contributed by atoms with Gasteiger partial charge in [0.15, 0.2) is 17.5 Å². The molecule has 2 N–H and O–H groups in total. The van der Waals surface area contributed by atoms with Gasteiger partial charge < -0.3 is 15.5 Å². The van der Waals surface area contributed by atoms with Crippen molar-refractivity contribution in [2.75, 3.05) is 28.6 Å². The van der Waals surface area contributed by atoms with Crippen LogP contribution in [0, 0.1) is 17.5 Å². The van der Waals surface area contributed by atoms with Crippen LogP contribution in [0.2, 0.25) is 0 Å². The van der Waals surface area contributed by atoms with Gasteiger partial charge in [-0.05, 0) is 55.7 Å². The second kappa shape index (κ2) is 8.77. The Morgan fingerprint density at radius 1 is 0.821 bits per heavy atom. The topological polar surface area (TPSA) is 61.4 Å². The van der Waals surface area contributed by atoms with Crippen LogP contribution in [0.4, 0.5) is 30.2 Å². The Bertz CT molecular complexity index is 866. The number of carbonyl (C=O) groups excluding carboxylic acids is 2. The third-order valence-electron chi connectivity index (χ3n) is 4.50. The first kappa shape index (κ1) is 19.7. The summed E-state index contributed by atoms with van der Waals surface area (Å²) in [4.78, 5) is 26.1. The lowest BCUT2D eigenvalue weighted by Gasteiger charge is -2.28. The molecule has 3 rings (SSSR count). The predicted molar refractivity (Wildman–Crippen MR) is 101 cm³/mol. The molecule has 0 unspecified atom stereocenters. The van der Waals surface area contributed by atoms with Gasteiger partial charge in [-0.2, -0.15) is 0 Å². The average molecular weight is 391 g/mol. The van der Waals surface area contributed by atoms with Gasteiger partial charge in [0.1, 0.15) is 6.42 Å². The van der Waals surface area contributed by atoms with E-state index in [0.717, 1.165) is 37.7 Å². The molecule has 28 heavy (non-hydrogen) atoms. The van der Waals surface area contributed by atoms with Gasteiger partial charge in [-0.25, -0.2) is 13.2 Å². The highest BCUT2D eigenvalue weighted by atomic mass is 19.2. The summed E-state index contributed by atoms with van der Waals surface area (Å²) in [5, 5.41) is 4.64. The van der Waals surface area contributed by atoms with E-state index in [1.54, 1.807) is 12.1 Å². The Kier molecular flexibility index (Phi) is 6.18. The van der Waals surface area contributed by atoms with Gasteiger partial charge >= 0.3 is 0 Å². The summed E-state index contributed by atoms with van der Waals surface area (Å²) in [6, 6.07) is 8.87. The molecule has 5 nitrogen and oxygen atoms in total. The van der Waals surface area contributed by atoms with Crippen LogP contribution < -0.4 is 15.5 Å². The Labute approximate surface area is 160 Å². The Morgan fingerprint density at radius 2 is 1.46 bits per heavy atom. The number of nitrogens with one attached hydrogen (secondary N) is 2. The van der Waals surface area contributed by atoms with Gasteiger partial charge in [-0.3, -0.25) is 9.59 Å². The van der Waals surface area contributed by atoms with Gasteiger partial charge in [0.05, 0.1) is 5.69 Å². The zero-order valence-corrected chi connectivity index (χ0v) is 15.1. The van der Waals surface area contributed by atoms with Crippen LogP contribution >= 0.6 is 0 Å². The molecule has 1 fully saturated rings. The quantitative estimate of drug-likeness (QED) is 0.597. The van der Waals surface area contributed by atoms with Crippen molar-refractivity contribution in [3.63, 3.8) is 0 Å². The second-order valence-corrected chi connectivity index (χ2v) is 6.59. The van der Waals surface area contributed by atoms with Crippen LogP contribution in [0.5, 0.6) is 0 Å². The monoisotopic (exact) mass is 391 g/mol. The standard InChI is InChI=1S/C20H20F3N3O2/c21-15-8-9-16(20(23)19(15)22)25-18(28)12-17(27)24-13-4-6-14(7-5-13)26-10-2-1-3-11-26/h4-9H,1-3,10-12H2,(H,24,27)(H,25,28). The summed E-state index contributed by atoms with van der Waals surface area (Å²) in [6.07, 6.45) is 2.96. The molecular weight excluding hydrogens is 371 g/mol. The number of hydrogen-bond donors (Lipinski definition) is 2. The van der Waals surface area contributed by atoms with Crippen molar-refractivity contribution in [1.29, 1.82) is 0 Å². The van der Waals surface area contributed by atoms with E-state index in [9.17, 15) is 22.8 Å². The molecule has 0 aromatic heterocycles. The Morgan fingerprint density at radius 3 is 2.14 bits per heavy atom. The summed E-state index contributed by atoms with van der Waals surface area (Å²) in [6.45, 7) is 2.01. The van der Waals surface area contributed by atoms with Crippen molar-refractivity contribution < 1.29 is 22.8 Å². The first-order valence-corrected chi connectivity index (χ1v) is 9.02. The summed E-state index contributed by atoms with van der Waals surface area (Å²) >= 11 is 0. The molecule has 2 aromatic carbocycles. The largest absolute Gasteiger partial charge is 0.372 e. The van der Waals surface area contributed by atoms with Gasteiger partial charge in [0.2, 0.25) is 11.8 Å². The molecule has 0 radical (unpaired) electrons. The summed E-state index contributed by atoms with van der Waals surface area (Å²) in [5.74, 6) is -6.00. The van der Waals surface area contributed by atoms with Crippen molar-refractivity contribution >= 4 is 28.9 Å². The maximum absolute atomic E-state index is 13.6. The van der Waals surface area contributed by atoms with Gasteiger partial charge in [-0.1, -0.05) is 0 Å². The van der Waals surface area contributed by atoms with Gasteiger partial charge in [-0.15, -0.1) is 0 Å². The number of anilines is 3. The molecular formula is C20H20F3N3O2. The van der Waals surface area contributed by atoms with E-state index >= 15 is 0 Å². The van der Waals surface area contributed by atoms with E-state index in [4.69, 9.17) is 0 Å². The van der Waals surface area contributed by atoms with Crippen LogP contribution in [0.1, 0.15) is 25.7 Å². The molecule has 1 saturated heterocycles. The minimum Gasteiger partial charge on any atom is -0.372 e. The predicted octanol–water partition coefficient (Wildman–Crippen LogP) is 4.06. The minimum atomic E-state index is -1.68. The van der Waals surface area contributed by atoms with Crippen molar-refractivity contribution in [2.24, 2.45) is 0 Å². The maximum atomic E-state index is 13.6. The highest BCUT2D eigenvalue weighted by Crippen LogP contribution is 2.22. The summed E-state index contributed by atoms with van der Waals surface area (Å²) in [5.41, 5.74) is 1.07. The lowest BCUT2D eigenvalue weighted by Crippen LogP contribution is -2.29. The summed E-state index contributed by atoms with van der Waals surface area (Å²) < 4.78 is 39.6. The molecule has 0 bridgehead atoms. The molecule has 148 valence electrons. The Balaban J connectivity index is 1.53. The fraction of sp³-hybridized carbons (Fsp3) is 0.300. The zero-order chi connectivity index (χ0) is 20.1. The van der Waals surface area contributed by atoms with E-state index in [1.165, 1.54) is 6.42 Å². The average Bonchev–Trinajstić information content (AvgIpc) is 2.69. The van der Waals surface area contributed by atoms with E-state index in [2.05, 4.69) is 15.5 Å². The van der Waals surface area contributed by atoms with E-state index in [-0.39, 0.29) is 0 Å². The number of piperidine rings is 1. The number of halogens is 3. The molecule has 0 aliphatic carbocycles. The van der Waals surface area contributed by atoms with Crippen LogP contribution in [0.3, 0.4) is 0 Å². The number of benzene rings is 2. The van der Waals surface area contributed by atoms with E-state index < -0.39 is 41.4 Å². The first-order chi connectivity index (χ1) is 13.4. The van der Waals surface area contributed by atoms with Crippen LogP contribution in [-0.4, -0.2) is 24.9 Å². The molecule has 0 saturated carbocycles. The van der Waals surface area contributed by atoms with E-state index in [0.29, 0.717) is 11.8 Å². The van der Waals surface area contributed by atoms with Gasteiger partial charge in [0, 0.05) is 24.5 Å². The number of amides is 2. The molecule has 1 aliphatic rings. The molecule has 0 spiro atoms. The lowest BCUT2D eigenvalue weighted by molar-refractivity contribution is -0.123. The number of rotatable bonds is 5.